The Morgan fingerprint density at radius 3 is 2.46 bits per heavy atom. The number of hydrogen-bond donors (Lipinski definition) is 1. The molecule has 8 heteroatoms. The molecule has 1 aromatic heterocycles. The van der Waals surface area contributed by atoms with Crippen molar-refractivity contribution in [2.75, 3.05) is 13.1 Å². The molecule has 1 saturated heterocycles. The Morgan fingerprint density at radius 1 is 1.18 bits per heavy atom. The van der Waals surface area contributed by atoms with Gasteiger partial charge in [0.1, 0.15) is 11.9 Å². The van der Waals surface area contributed by atoms with E-state index in [0.717, 1.165) is 12.8 Å². The summed E-state index contributed by atoms with van der Waals surface area (Å²) < 4.78 is 6.05. The number of amidine groups is 1. The zero-order chi connectivity index (χ0) is 19.6. The van der Waals surface area contributed by atoms with Gasteiger partial charge in [-0.2, -0.15) is 0 Å². The number of carbonyl (C=O) groups is 1. The van der Waals surface area contributed by atoms with Crippen molar-refractivity contribution in [1.29, 1.82) is 0 Å². The van der Waals surface area contributed by atoms with Gasteiger partial charge >= 0.3 is 5.97 Å². The van der Waals surface area contributed by atoms with Crippen molar-refractivity contribution in [3.8, 4) is 5.75 Å². The van der Waals surface area contributed by atoms with Gasteiger partial charge in [-0.1, -0.05) is 23.7 Å². The molecule has 1 aliphatic carbocycles. The zero-order valence-corrected chi connectivity index (χ0v) is 16.0. The smallest absolute Gasteiger partial charge is 0.331 e. The van der Waals surface area contributed by atoms with Crippen LogP contribution in [0.25, 0.3) is 0 Å². The van der Waals surface area contributed by atoms with Gasteiger partial charge in [0.15, 0.2) is 17.2 Å². The topological polar surface area (TPSA) is 87.9 Å². The number of para-hydroxylation sites is 1. The van der Waals surface area contributed by atoms with Gasteiger partial charge in [-0.25, -0.2) is 19.8 Å². The van der Waals surface area contributed by atoms with Crippen LogP contribution in [0, 0.1) is 0 Å². The lowest BCUT2D eigenvalue weighted by Gasteiger charge is -2.34. The maximum Gasteiger partial charge on any atom is 0.331 e. The van der Waals surface area contributed by atoms with Crippen molar-refractivity contribution in [2.45, 2.75) is 37.3 Å². The SMILES string of the molecule is O=C(O)C1(N=C(c2ncccn2)N2CCC(Oc3ccccc3Cl)CC2)CC1. The Balaban J connectivity index is 1.49. The highest BCUT2D eigenvalue weighted by Gasteiger charge is 2.51. The Bertz CT molecular complexity index is 878. The Kier molecular flexibility index (Phi) is 5.17. The molecule has 2 aliphatic rings. The molecule has 1 N–H and O–H groups in total. The van der Waals surface area contributed by atoms with Crippen LogP contribution in [-0.2, 0) is 4.79 Å². The number of likely N-dealkylation sites (tertiary alicyclic amines) is 1. The van der Waals surface area contributed by atoms with Gasteiger partial charge in [0.25, 0.3) is 0 Å². The van der Waals surface area contributed by atoms with Gasteiger partial charge < -0.3 is 14.7 Å². The number of aliphatic imine (C=N–C) groups is 1. The fourth-order valence-electron chi connectivity index (χ4n) is 3.28. The van der Waals surface area contributed by atoms with Gasteiger partial charge in [0, 0.05) is 38.3 Å². The van der Waals surface area contributed by atoms with Crippen molar-refractivity contribution in [3.05, 3.63) is 53.6 Å². The molecule has 2 aromatic rings. The average molecular weight is 401 g/mol. The first-order valence-electron chi connectivity index (χ1n) is 9.34. The summed E-state index contributed by atoms with van der Waals surface area (Å²) >= 11 is 6.19. The molecular weight excluding hydrogens is 380 g/mol. The molecule has 146 valence electrons. The average Bonchev–Trinajstić information content (AvgIpc) is 3.51. The minimum absolute atomic E-state index is 0.0449. The van der Waals surface area contributed by atoms with E-state index in [1.54, 1.807) is 18.5 Å². The number of hydrogen-bond acceptors (Lipinski definition) is 5. The van der Waals surface area contributed by atoms with E-state index >= 15 is 0 Å². The number of benzene rings is 1. The Hall–Kier alpha value is -2.67. The van der Waals surface area contributed by atoms with Crippen molar-refractivity contribution in [2.24, 2.45) is 4.99 Å². The van der Waals surface area contributed by atoms with Crippen LogP contribution in [0.5, 0.6) is 5.75 Å². The summed E-state index contributed by atoms with van der Waals surface area (Å²) in [5.74, 6) is 0.806. The van der Waals surface area contributed by atoms with E-state index in [1.807, 2.05) is 24.3 Å². The normalized spacial score (nSPS) is 19.3. The number of nitrogens with zero attached hydrogens (tertiary/aromatic N) is 4. The van der Waals surface area contributed by atoms with Crippen molar-refractivity contribution in [1.82, 2.24) is 14.9 Å². The number of aliphatic carboxylic acids is 1. The van der Waals surface area contributed by atoms with Crippen LogP contribution in [0.15, 0.2) is 47.7 Å². The van der Waals surface area contributed by atoms with Crippen LogP contribution in [0.4, 0.5) is 0 Å². The van der Waals surface area contributed by atoms with E-state index in [4.69, 9.17) is 16.3 Å². The number of carboxylic acid groups (broad SMARTS) is 1. The fraction of sp³-hybridized carbons (Fsp3) is 0.400. The van der Waals surface area contributed by atoms with Gasteiger partial charge in [0.2, 0.25) is 0 Å². The minimum Gasteiger partial charge on any atom is -0.489 e. The summed E-state index contributed by atoms with van der Waals surface area (Å²) in [6.07, 6.45) is 5.98. The standard InChI is InChI=1S/C20H21ClN4O3/c21-15-4-1-2-5-16(15)28-14-6-12-25(13-7-14)18(17-22-10-3-11-23-17)24-20(8-9-20)19(26)27/h1-5,10-11,14H,6-9,12-13H2,(H,26,27). The van der Waals surface area contributed by atoms with Crippen LogP contribution in [-0.4, -0.2) is 56.5 Å². The molecule has 0 unspecified atom stereocenters. The largest absolute Gasteiger partial charge is 0.489 e. The summed E-state index contributed by atoms with van der Waals surface area (Å²) in [7, 11) is 0. The first-order valence-corrected chi connectivity index (χ1v) is 9.72. The lowest BCUT2D eigenvalue weighted by Crippen LogP contribution is -2.43. The van der Waals surface area contributed by atoms with E-state index < -0.39 is 11.5 Å². The molecule has 1 saturated carbocycles. The number of carboxylic acids is 1. The third-order valence-corrected chi connectivity index (χ3v) is 5.39. The second-order valence-electron chi connectivity index (χ2n) is 7.08. The van der Waals surface area contributed by atoms with E-state index in [2.05, 4.69) is 19.9 Å². The number of aromatic nitrogens is 2. The van der Waals surface area contributed by atoms with Crippen LogP contribution < -0.4 is 4.74 Å². The quantitative estimate of drug-likeness (QED) is 0.613. The van der Waals surface area contributed by atoms with Crippen molar-refractivity contribution < 1.29 is 14.6 Å². The molecule has 0 radical (unpaired) electrons. The van der Waals surface area contributed by atoms with E-state index in [1.165, 1.54) is 0 Å². The van der Waals surface area contributed by atoms with Crippen LogP contribution in [0.1, 0.15) is 31.5 Å². The van der Waals surface area contributed by atoms with Crippen LogP contribution in [0.3, 0.4) is 0 Å². The zero-order valence-electron chi connectivity index (χ0n) is 15.3. The van der Waals surface area contributed by atoms with E-state index in [0.29, 0.717) is 48.4 Å². The predicted octanol–water partition coefficient (Wildman–Crippen LogP) is 3.04. The molecular formula is C20H21ClN4O3. The highest BCUT2D eigenvalue weighted by Crippen LogP contribution is 2.40. The third-order valence-electron chi connectivity index (χ3n) is 5.08. The molecule has 28 heavy (non-hydrogen) atoms. The number of piperidine rings is 1. The predicted molar refractivity (Wildman–Crippen MR) is 105 cm³/mol. The van der Waals surface area contributed by atoms with E-state index in [9.17, 15) is 9.90 Å². The van der Waals surface area contributed by atoms with Gasteiger partial charge in [0.05, 0.1) is 5.02 Å². The number of ether oxygens (including phenoxy) is 1. The molecule has 0 bridgehead atoms. The molecule has 7 nitrogen and oxygen atoms in total. The maximum absolute atomic E-state index is 11.6. The van der Waals surface area contributed by atoms with Crippen molar-refractivity contribution >= 4 is 23.4 Å². The molecule has 1 aromatic carbocycles. The first kappa shape index (κ1) is 18.7. The summed E-state index contributed by atoms with van der Waals surface area (Å²) in [4.78, 5) is 26.9. The molecule has 0 amide bonds. The minimum atomic E-state index is -1.03. The lowest BCUT2D eigenvalue weighted by molar-refractivity contribution is -0.139. The van der Waals surface area contributed by atoms with Gasteiger partial charge in [-0.15, -0.1) is 0 Å². The van der Waals surface area contributed by atoms with Gasteiger partial charge in [-0.3, -0.25) is 0 Å². The molecule has 0 spiro atoms. The second kappa shape index (κ2) is 7.75. The maximum atomic E-state index is 11.6. The highest BCUT2D eigenvalue weighted by atomic mass is 35.5. The summed E-state index contributed by atoms with van der Waals surface area (Å²) in [6, 6.07) is 9.17. The summed E-state index contributed by atoms with van der Waals surface area (Å²) in [5, 5.41) is 10.1. The molecule has 1 aliphatic heterocycles. The first-order chi connectivity index (χ1) is 13.6. The van der Waals surface area contributed by atoms with E-state index in [-0.39, 0.29) is 6.10 Å². The molecule has 2 heterocycles. The second-order valence-corrected chi connectivity index (χ2v) is 7.49. The lowest BCUT2D eigenvalue weighted by atomic mass is 10.1. The van der Waals surface area contributed by atoms with Gasteiger partial charge in [-0.05, 0) is 31.0 Å². The Morgan fingerprint density at radius 2 is 1.86 bits per heavy atom. The number of halogens is 1. The molecule has 2 fully saturated rings. The molecule has 0 atom stereocenters. The van der Waals surface area contributed by atoms with Crippen molar-refractivity contribution in [3.63, 3.8) is 0 Å². The van der Waals surface area contributed by atoms with Crippen LogP contribution >= 0.6 is 11.6 Å². The third kappa shape index (κ3) is 3.94. The Labute approximate surface area is 168 Å². The number of rotatable bonds is 5. The monoisotopic (exact) mass is 400 g/mol. The summed E-state index contributed by atoms with van der Waals surface area (Å²) in [6.45, 7) is 1.36. The molecule has 4 rings (SSSR count). The fourth-order valence-corrected chi connectivity index (χ4v) is 3.46. The highest BCUT2D eigenvalue weighted by molar-refractivity contribution is 6.32. The summed E-state index contributed by atoms with van der Waals surface area (Å²) in [5.41, 5.74) is -1.03. The van der Waals surface area contributed by atoms with Crippen LogP contribution in [0.2, 0.25) is 5.02 Å².